The van der Waals surface area contributed by atoms with Gasteiger partial charge in [0, 0.05) is 19.8 Å². The lowest BCUT2D eigenvalue weighted by Crippen LogP contribution is -2.41. The highest BCUT2D eigenvalue weighted by molar-refractivity contribution is 5.75. The number of carboxylic acid groups (broad SMARTS) is 1. The molecule has 1 heterocycles. The molecular formula is C12H20N4O3. The Labute approximate surface area is 112 Å². The highest BCUT2D eigenvalue weighted by Gasteiger charge is 2.21. The number of amides is 2. The van der Waals surface area contributed by atoms with Crippen LogP contribution in [0.3, 0.4) is 0 Å². The molecule has 0 aliphatic carbocycles. The first kappa shape index (κ1) is 15.0. The first-order chi connectivity index (χ1) is 8.90. The summed E-state index contributed by atoms with van der Waals surface area (Å²) in [5.74, 6) is -1.52. The van der Waals surface area contributed by atoms with Gasteiger partial charge in [-0.15, -0.1) is 0 Å². The maximum atomic E-state index is 11.5. The van der Waals surface area contributed by atoms with Crippen LogP contribution in [0.2, 0.25) is 0 Å². The normalized spacial score (nSPS) is 12.2. The van der Waals surface area contributed by atoms with Crippen LogP contribution in [0.1, 0.15) is 19.5 Å². The first-order valence-corrected chi connectivity index (χ1v) is 6.13. The summed E-state index contributed by atoms with van der Waals surface area (Å²) >= 11 is 0. The monoisotopic (exact) mass is 268 g/mol. The molecule has 0 spiro atoms. The van der Waals surface area contributed by atoms with Crippen molar-refractivity contribution in [2.45, 2.75) is 20.4 Å². The van der Waals surface area contributed by atoms with Gasteiger partial charge in [0.2, 0.25) is 0 Å². The Morgan fingerprint density at radius 2 is 2.11 bits per heavy atom. The minimum Gasteiger partial charge on any atom is -0.481 e. The molecule has 0 saturated carbocycles. The van der Waals surface area contributed by atoms with E-state index in [9.17, 15) is 9.59 Å². The molecule has 0 aliphatic rings. The van der Waals surface area contributed by atoms with E-state index in [0.717, 1.165) is 5.69 Å². The average Bonchev–Trinajstić information content (AvgIpc) is 2.71. The molecule has 106 valence electrons. The van der Waals surface area contributed by atoms with Gasteiger partial charge in [-0.25, -0.2) is 4.79 Å². The highest BCUT2D eigenvalue weighted by Crippen LogP contribution is 2.09. The minimum absolute atomic E-state index is 0.0337. The lowest BCUT2D eigenvalue weighted by atomic mass is 9.96. The minimum atomic E-state index is -0.903. The molecule has 0 radical (unpaired) electrons. The summed E-state index contributed by atoms with van der Waals surface area (Å²) in [6.07, 6.45) is 1.79. The van der Waals surface area contributed by atoms with Crippen molar-refractivity contribution in [3.05, 3.63) is 18.0 Å². The molecule has 7 nitrogen and oxygen atoms in total. The van der Waals surface area contributed by atoms with Crippen molar-refractivity contribution >= 4 is 12.0 Å². The molecule has 0 fully saturated rings. The topological polar surface area (TPSA) is 96.3 Å². The Bertz CT molecular complexity index is 442. The van der Waals surface area contributed by atoms with Crippen molar-refractivity contribution in [2.75, 3.05) is 6.54 Å². The lowest BCUT2D eigenvalue weighted by molar-refractivity contribution is -0.142. The lowest BCUT2D eigenvalue weighted by Gasteiger charge is -2.16. The third kappa shape index (κ3) is 4.99. The third-order valence-corrected chi connectivity index (χ3v) is 2.80. The molecule has 1 aromatic heterocycles. The number of carbonyl (C=O) groups excluding carboxylic acids is 1. The number of aliphatic carboxylic acids is 1. The molecule has 1 rings (SSSR count). The number of urea groups is 1. The molecule has 0 bridgehead atoms. The summed E-state index contributed by atoms with van der Waals surface area (Å²) in [6.45, 7) is 4.05. The fourth-order valence-corrected chi connectivity index (χ4v) is 1.60. The highest BCUT2D eigenvalue weighted by atomic mass is 16.4. The number of hydrogen-bond donors (Lipinski definition) is 3. The van der Waals surface area contributed by atoms with Crippen molar-refractivity contribution in [3.8, 4) is 0 Å². The van der Waals surface area contributed by atoms with Gasteiger partial charge in [-0.05, 0) is 12.0 Å². The molecule has 3 N–H and O–H groups in total. The second kappa shape index (κ2) is 6.77. The van der Waals surface area contributed by atoms with Crippen LogP contribution in [0.25, 0.3) is 0 Å². The molecule has 19 heavy (non-hydrogen) atoms. The molecule has 2 amide bonds. The molecule has 0 aliphatic heterocycles. The molecule has 0 aromatic carbocycles. The fraction of sp³-hybridized carbons (Fsp3) is 0.583. The van der Waals surface area contributed by atoms with Gasteiger partial charge >= 0.3 is 12.0 Å². The standard InChI is InChI=1S/C12H20N4O3/c1-8(2)10(11(17)18)7-14-12(19)13-6-9-4-5-16(3)15-9/h4-5,8,10H,6-7H2,1-3H3,(H,17,18)(H2,13,14,19). The Kier molecular flexibility index (Phi) is 5.35. The van der Waals surface area contributed by atoms with Crippen LogP contribution in [0, 0.1) is 11.8 Å². The van der Waals surface area contributed by atoms with Gasteiger partial charge < -0.3 is 15.7 Å². The molecule has 1 atom stereocenters. The van der Waals surface area contributed by atoms with Gasteiger partial charge in [0.15, 0.2) is 0 Å². The van der Waals surface area contributed by atoms with Crippen LogP contribution < -0.4 is 10.6 Å². The Hall–Kier alpha value is -2.05. The van der Waals surface area contributed by atoms with Crippen molar-refractivity contribution in [1.29, 1.82) is 0 Å². The summed E-state index contributed by atoms with van der Waals surface area (Å²) in [4.78, 5) is 22.5. The van der Waals surface area contributed by atoms with E-state index in [2.05, 4.69) is 15.7 Å². The Balaban J connectivity index is 2.33. The molecular weight excluding hydrogens is 248 g/mol. The van der Waals surface area contributed by atoms with E-state index >= 15 is 0 Å². The van der Waals surface area contributed by atoms with Gasteiger partial charge in [-0.2, -0.15) is 5.10 Å². The SMILES string of the molecule is CC(C)C(CNC(=O)NCc1ccn(C)n1)C(=O)O. The van der Waals surface area contributed by atoms with Crippen LogP contribution >= 0.6 is 0 Å². The Morgan fingerprint density at radius 1 is 1.42 bits per heavy atom. The van der Waals surface area contributed by atoms with E-state index in [0.29, 0.717) is 6.54 Å². The van der Waals surface area contributed by atoms with Crippen LogP contribution in [0.4, 0.5) is 4.79 Å². The van der Waals surface area contributed by atoms with E-state index in [1.54, 1.807) is 24.0 Å². The number of aromatic nitrogens is 2. The van der Waals surface area contributed by atoms with Crippen molar-refractivity contribution in [3.63, 3.8) is 0 Å². The number of rotatable bonds is 6. The average molecular weight is 268 g/mol. The summed E-state index contributed by atoms with van der Waals surface area (Å²) in [6, 6.07) is 1.41. The number of hydrogen-bond acceptors (Lipinski definition) is 3. The van der Waals surface area contributed by atoms with Gasteiger partial charge in [0.25, 0.3) is 0 Å². The van der Waals surface area contributed by atoms with Gasteiger partial charge in [0.1, 0.15) is 0 Å². The molecule has 0 saturated heterocycles. The van der Waals surface area contributed by atoms with E-state index < -0.39 is 17.9 Å². The summed E-state index contributed by atoms with van der Waals surface area (Å²) in [5.41, 5.74) is 0.747. The van der Waals surface area contributed by atoms with Crippen LogP contribution in [0.5, 0.6) is 0 Å². The third-order valence-electron chi connectivity index (χ3n) is 2.80. The van der Waals surface area contributed by atoms with Crippen LogP contribution in [-0.4, -0.2) is 33.4 Å². The van der Waals surface area contributed by atoms with Crippen LogP contribution in [-0.2, 0) is 18.4 Å². The zero-order valence-corrected chi connectivity index (χ0v) is 11.4. The quantitative estimate of drug-likeness (QED) is 0.703. The van der Waals surface area contributed by atoms with Crippen molar-refractivity contribution < 1.29 is 14.7 Å². The largest absolute Gasteiger partial charge is 0.481 e. The maximum Gasteiger partial charge on any atom is 0.315 e. The fourth-order valence-electron chi connectivity index (χ4n) is 1.60. The van der Waals surface area contributed by atoms with E-state index in [4.69, 9.17) is 5.11 Å². The van der Waals surface area contributed by atoms with Gasteiger partial charge in [0.05, 0.1) is 18.2 Å². The molecule has 1 aromatic rings. The predicted molar refractivity (Wildman–Crippen MR) is 69.4 cm³/mol. The number of nitrogens with zero attached hydrogens (tertiary/aromatic N) is 2. The summed E-state index contributed by atoms with van der Waals surface area (Å²) in [7, 11) is 1.80. The number of carboxylic acids is 1. The second-order valence-electron chi connectivity index (χ2n) is 4.73. The van der Waals surface area contributed by atoms with Crippen LogP contribution in [0.15, 0.2) is 12.3 Å². The smallest absolute Gasteiger partial charge is 0.315 e. The number of carbonyl (C=O) groups is 2. The summed E-state index contributed by atoms with van der Waals surface area (Å²) in [5, 5.41) is 18.3. The summed E-state index contributed by atoms with van der Waals surface area (Å²) < 4.78 is 1.65. The molecule has 7 heteroatoms. The zero-order chi connectivity index (χ0) is 14.4. The van der Waals surface area contributed by atoms with E-state index in [-0.39, 0.29) is 12.5 Å². The predicted octanol–water partition coefficient (Wildman–Crippen LogP) is 0.576. The van der Waals surface area contributed by atoms with Crippen molar-refractivity contribution in [2.24, 2.45) is 18.9 Å². The van der Waals surface area contributed by atoms with E-state index in [1.165, 1.54) is 0 Å². The number of nitrogens with one attached hydrogen (secondary N) is 2. The molecule has 1 unspecified atom stereocenters. The first-order valence-electron chi connectivity index (χ1n) is 6.13. The number of aryl methyl sites for hydroxylation is 1. The maximum absolute atomic E-state index is 11.5. The second-order valence-corrected chi connectivity index (χ2v) is 4.73. The van der Waals surface area contributed by atoms with Gasteiger partial charge in [-0.1, -0.05) is 13.8 Å². The van der Waals surface area contributed by atoms with E-state index in [1.807, 2.05) is 13.8 Å². The zero-order valence-electron chi connectivity index (χ0n) is 11.4. The van der Waals surface area contributed by atoms with Gasteiger partial charge in [-0.3, -0.25) is 9.48 Å². The van der Waals surface area contributed by atoms with Crippen molar-refractivity contribution in [1.82, 2.24) is 20.4 Å². The Morgan fingerprint density at radius 3 is 2.58 bits per heavy atom.